The Hall–Kier alpha value is -4.22. The van der Waals surface area contributed by atoms with E-state index in [0.717, 1.165) is 0 Å². The zero-order valence-electron chi connectivity index (χ0n) is 18.1. The van der Waals surface area contributed by atoms with Gasteiger partial charge in [0.1, 0.15) is 17.2 Å². The van der Waals surface area contributed by atoms with Gasteiger partial charge in [0.25, 0.3) is 5.91 Å². The molecular weight excluding hydrogens is 521 g/mol. The minimum atomic E-state index is -1.28. The number of aromatic carboxylic acids is 1. The van der Waals surface area contributed by atoms with E-state index in [4.69, 9.17) is 47.6 Å². The summed E-state index contributed by atoms with van der Waals surface area (Å²) in [5, 5.41) is 30.7. The van der Waals surface area contributed by atoms with E-state index in [9.17, 15) is 24.3 Å². The average Bonchev–Trinajstić information content (AvgIpc) is 2.80. The second-order valence-electron chi connectivity index (χ2n) is 7.12. The van der Waals surface area contributed by atoms with Crippen LogP contribution in [0.2, 0.25) is 10.0 Å². The first-order valence-electron chi connectivity index (χ1n) is 9.95. The van der Waals surface area contributed by atoms with E-state index < -0.39 is 43.6 Å². The molecule has 0 heterocycles. The number of hydrogen-bond donors (Lipinski definition) is 4. The lowest BCUT2D eigenvalue weighted by Crippen LogP contribution is -2.21. The van der Waals surface area contributed by atoms with Gasteiger partial charge in [-0.05, 0) is 41.8 Å². The van der Waals surface area contributed by atoms with E-state index >= 15 is 0 Å². The molecule has 11 nitrogen and oxygen atoms in total. The minimum Gasteiger partial charge on any atom is -0.483 e. The summed E-state index contributed by atoms with van der Waals surface area (Å²) in [5.41, 5.74) is -0.0565. The van der Waals surface area contributed by atoms with E-state index in [2.05, 4.69) is 5.32 Å². The SMILES string of the molecule is O=C(O)COc1ccc(NC(=O)COc2cc(C(=O)O)cc3cc(Cl)cc(Cl)c23)c(OCC(=O)O)c1. The number of carboxylic acids is 3. The van der Waals surface area contributed by atoms with Gasteiger partial charge in [-0.2, -0.15) is 0 Å². The molecule has 3 aromatic carbocycles. The molecule has 0 saturated heterocycles. The van der Waals surface area contributed by atoms with Crippen LogP contribution in [0.4, 0.5) is 5.69 Å². The Morgan fingerprint density at radius 2 is 1.44 bits per heavy atom. The van der Waals surface area contributed by atoms with Crippen LogP contribution in [-0.4, -0.2) is 59.0 Å². The molecule has 0 aliphatic heterocycles. The topological polar surface area (TPSA) is 169 Å². The van der Waals surface area contributed by atoms with Crippen molar-refractivity contribution >= 4 is 63.5 Å². The fourth-order valence-electron chi connectivity index (χ4n) is 3.06. The van der Waals surface area contributed by atoms with Crippen molar-refractivity contribution in [1.29, 1.82) is 0 Å². The molecule has 0 saturated carbocycles. The Bertz CT molecular complexity index is 1360. The molecule has 1 amide bonds. The molecule has 188 valence electrons. The molecule has 0 unspecified atom stereocenters. The number of carbonyl (C=O) groups is 4. The van der Waals surface area contributed by atoms with Crippen LogP contribution in [0.5, 0.6) is 17.2 Å². The largest absolute Gasteiger partial charge is 0.483 e. The van der Waals surface area contributed by atoms with Gasteiger partial charge in [-0.1, -0.05) is 23.2 Å². The highest BCUT2D eigenvalue weighted by Gasteiger charge is 2.17. The maximum Gasteiger partial charge on any atom is 0.341 e. The van der Waals surface area contributed by atoms with Crippen molar-refractivity contribution in [3.8, 4) is 17.2 Å². The minimum absolute atomic E-state index is 0.0292. The Morgan fingerprint density at radius 3 is 2.11 bits per heavy atom. The third-order valence-electron chi connectivity index (χ3n) is 4.48. The lowest BCUT2D eigenvalue weighted by Gasteiger charge is -2.15. The summed E-state index contributed by atoms with van der Waals surface area (Å²) in [6.45, 7) is -1.96. The quantitative estimate of drug-likeness (QED) is 0.282. The summed E-state index contributed by atoms with van der Waals surface area (Å²) >= 11 is 12.3. The zero-order chi connectivity index (χ0) is 26.4. The van der Waals surface area contributed by atoms with Crippen LogP contribution >= 0.6 is 23.2 Å². The van der Waals surface area contributed by atoms with E-state index in [1.807, 2.05) is 0 Å². The number of aliphatic carboxylic acids is 2. The summed E-state index contributed by atoms with van der Waals surface area (Å²) in [6.07, 6.45) is 0. The molecule has 0 aliphatic rings. The second kappa shape index (κ2) is 11.5. The highest BCUT2D eigenvalue weighted by molar-refractivity contribution is 6.39. The van der Waals surface area contributed by atoms with Gasteiger partial charge in [0.05, 0.1) is 16.3 Å². The first kappa shape index (κ1) is 26.4. The van der Waals surface area contributed by atoms with E-state index in [1.165, 1.54) is 42.5 Å². The second-order valence-corrected chi connectivity index (χ2v) is 7.97. The third kappa shape index (κ3) is 6.90. The lowest BCUT2D eigenvalue weighted by molar-refractivity contribution is -0.140. The molecular formula is C23H17Cl2NO10. The van der Waals surface area contributed by atoms with Crippen LogP contribution in [0.15, 0.2) is 42.5 Å². The molecule has 4 N–H and O–H groups in total. The highest BCUT2D eigenvalue weighted by Crippen LogP contribution is 2.36. The number of halogens is 2. The number of nitrogens with one attached hydrogen (secondary N) is 1. The third-order valence-corrected chi connectivity index (χ3v) is 4.99. The standard InChI is InChI=1S/C23H17Cl2NO10/c24-13-4-11-3-12(23(32)33)5-18(22(11)15(25)6-13)35-8-19(27)26-16-2-1-14(34-9-20(28)29)7-17(16)36-10-21(30)31/h1-7H,8-10H2,(H,26,27)(H,28,29)(H,30,31)(H,32,33). The van der Waals surface area contributed by atoms with Crippen molar-refractivity contribution in [1.82, 2.24) is 0 Å². The van der Waals surface area contributed by atoms with Crippen molar-refractivity contribution in [3.63, 3.8) is 0 Å². The van der Waals surface area contributed by atoms with Crippen LogP contribution in [0.1, 0.15) is 10.4 Å². The predicted molar refractivity (Wildman–Crippen MR) is 128 cm³/mol. The van der Waals surface area contributed by atoms with Crippen LogP contribution in [0, 0.1) is 0 Å². The molecule has 0 aromatic heterocycles. The Kier molecular flexibility index (Phi) is 8.41. The fraction of sp³-hybridized carbons (Fsp3) is 0.130. The van der Waals surface area contributed by atoms with Crippen LogP contribution in [0.25, 0.3) is 10.8 Å². The van der Waals surface area contributed by atoms with Gasteiger partial charge in [-0.15, -0.1) is 0 Å². The van der Waals surface area contributed by atoms with Gasteiger partial charge in [0.15, 0.2) is 19.8 Å². The summed E-state index contributed by atoms with van der Waals surface area (Å²) in [4.78, 5) is 45.7. The smallest absolute Gasteiger partial charge is 0.341 e. The number of fused-ring (bicyclic) bond motifs is 1. The predicted octanol–water partition coefficient (Wildman–Crippen LogP) is 3.79. The first-order valence-corrected chi connectivity index (χ1v) is 10.7. The molecule has 0 atom stereocenters. The summed E-state index contributed by atoms with van der Waals surface area (Å²) < 4.78 is 15.8. The van der Waals surface area contributed by atoms with E-state index in [-0.39, 0.29) is 38.5 Å². The monoisotopic (exact) mass is 537 g/mol. The number of hydrogen-bond acceptors (Lipinski definition) is 7. The molecule has 13 heteroatoms. The lowest BCUT2D eigenvalue weighted by atomic mass is 10.1. The maximum absolute atomic E-state index is 12.6. The number of benzene rings is 3. The number of ether oxygens (including phenoxy) is 3. The van der Waals surface area contributed by atoms with Crippen LogP contribution in [-0.2, 0) is 14.4 Å². The molecule has 0 spiro atoms. The van der Waals surface area contributed by atoms with Gasteiger partial charge in [0.2, 0.25) is 0 Å². The van der Waals surface area contributed by atoms with Crippen LogP contribution < -0.4 is 19.5 Å². The number of anilines is 1. The number of rotatable bonds is 11. The molecule has 0 radical (unpaired) electrons. The molecule has 3 rings (SSSR count). The van der Waals surface area contributed by atoms with Crippen molar-refractivity contribution in [2.75, 3.05) is 25.1 Å². The summed E-state index contributed by atoms with van der Waals surface area (Å²) in [7, 11) is 0. The molecule has 3 aromatic rings. The zero-order valence-corrected chi connectivity index (χ0v) is 19.6. The Morgan fingerprint density at radius 1 is 0.778 bits per heavy atom. The molecule has 0 bridgehead atoms. The molecule has 0 aliphatic carbocycles. The van der Waals surface area contributed by atoms with Gasteiger partial charge >= 0.3 is 17.9 Å². The van der Waals surface area contributed by atoms with E-state index in [1.54, 1.807) is 0 Å². The average molecular weight is 538 g/mol. The molecule has 36 heavy (non-hydrogen) atoms. The summed E-state index contributed by atoms with van der Waals surface area (Å²) in [6, 6.07) is 9.42. The van der Waals surface area contributed by atoms with Gasteiger partial charge < -0.3 is 34.8 Å². The van der Waals surface area contributed by atoms with Gasteiger partial charge in [0, 0.05) is 16.5 Å². The number of carboxylic acid groups (broad SMARTS) is 3. The van der Waals surface area contributed by atoms with Crippen molar-refractivity contribution in [2.45, 2.75) is 0 Å². The van der Waals surface area contributed by atoms with E-state index in [0.29, 0.717) is 10.8 Å². The van der Waals surface area contributed by atoms with Crippen molar-refractivity contribution in [2.24, 2.45) is 0 Å². The Labute approximate surface area is 212 Å². The van der Waals surface area contributed by atoms with Gasteiger partial charge in [-0.3, -0.25) is 4.79 Å². The normalized spacial score (nSPS) is 10.5. The number of carbonyl (C=O) groups excluding carboxylic acids is 1. The van der Waals surface area contributed by atoms with Crippen molar-refractivity contribution < 1.29 is 48.7 Å². The summed E-state index contributed by atoms with van der Waals surface area (Å²) in [5.74, 6) is -4.43. The number of amides is 1. The van der Waals surface area contributed by atoms with Crippen molar-refractivity contribution in [3.05, 3.63) is 58.1 Å². The fourth-order valence-corrected chi connectivity index (χ4v) is 3.66. The first-order chi connectivity index (χ1) is 17.0. The van der Waals surface area contributed by atoms with Crippen LogP contribution in [0.3, 0.4) is 0 Å². The maximum atomic E-state index is 12.6. The molecule has 0 fully saturated rings. The van der Waals surface area contributed by atoms with Gasteiger partial charge in [-0.25, -0.2) is 14.4 Å². The highest BCUT2D eigenvalue weighted by atomic mass is 35.5. The Balaban J connectivity index is 1.81.